The number of hydrogen-bond acceptors (Lipinski definition) is 7. The number of carbonyl (C=O) groups excluding carboxylic acids is 1. The van der Waals surface area contributed by atoms with Gasteiger partial charge in [-0.1, -0.05) is 11.8 Å². The molecule has 0 aliphatic carbocycles. The van der Waals surface area contributed by atoms with Gasteiger partial charge in [-0.15, -0.1) is 10.2 Å². The van der Waals surface area contributed by atoms with Gasteiger partial charge in [0.05, 0.1) is 24.0 Å². The molecule has 3 rings (SSSR count). The van der Waals surface area contributed by atoms with Gasteiger partial charge in [-0.05, 0) is 39.0 Å². The molecule has 142 valence electrons. The molecule has 3 aromatic rings. The minimum Gasteiger partial charge on any atom is -0.411 e. The van der Waals surface area contributed by atoms with Crippen molar-refractivity contribution >= 4 is 17.5 Å². The van der Waals surface area contributed by atoms with E-state index in [0.29, 0.717) is 17.7 Å². The van der Waals surface area contributed by atoms with Crippen LogP contribution in [0.25, 0.3) is 11.5 Å². The maximum absolute atomic E-state index is 12.7. The Morgan fingerprint density at radius 1 is 1.37 bits per heavy atom. The van der Waals surface area contributed by atoms with Crippen molar-refractivity contribution in [3.8, 4) is 11.5 Å². The lowest BCUT2D eigenvalue weighted by atomic mass is 10.2. The van der Waals surface area contributed by atoms with E-state index in [4.69, 9.17) is 9.15 Å². The van der Waals surface area contributed by atoms with Gasteiger partial charge in [0.15, 0.2) is 5.78 Å². The Morgan fingerprint density at radius 2 is 2.19 bits per heavy atom. The van der Waals surface area contributed by atoms with Crippen molar-refractivity contribution in [1.82, 2.24) is 19.7 Å². The summed E-state index contributed by atoms with van der Waals surface area (Å²) >= 11 is 1.24. The number of rotatable bonds is 8. The SMILES string of the molecule is COCC(C)n1c(C)cc(C(=O)CSc2nnc(-c3cccnc3)o2)c1C. The molecule has 27 heavy (non-hydrogen) atoms. The second-order valence-corrected chi connectivity index (χ2v) is 7.21. The van der Waals surface area contributed by atoms with Crippen molar-refractivity contribution < 1.29 is 13.9 Å². The van der Waals surface area contributed by atoms with Gasteiger partial charge < -0.3 is 13.7 Å². The fourth-order valence-corrected chi connectivity index (χ4v) is 3.78. The smallest absolute Gasteiger partial charge is 0.277 e. The molecule has 0 fully saturated rings. The Labute approximate surface area is 162 Å². The lowest BCUT2D eigenvalue weighted by Gasteiger charge is -2.17. The van der Waals surface area contributed by atoms with Crippen LogP contribution >= 0.6 is 11.8 Å². The van der Waals surface area contributed by atoms with E-state index in [2.05, 4.69) is 26.7 Å². The normalized spacial score (nSPS) is 12.3. The van der Waals surface area contributed by atoms with Crippen molar-refractivity contribution in [3.63, 3.8) is 0 Å². The van der Waals surface area contributed by atoms with Gasteiger partial charge >= 0.3 is 0 Å². The Bertz CT molecular complexity index is 920. The monoisotopic (exact) mass is 386 g/mol. The van der Waals surface area contributed by atoms with Crippen LogP contribution in [0.1, 0.15) is 34.7 Å². The van der Waals surface area contributed by atoms with E-state index in [9.17, 15) is 4.79 Å². The Hall–Kier alpha value is -2.45. The standard InChI is InChI=1S/C19H22N4O3S/c1-12-8-16(14(3)23(12)13(2)10-25-4)17(24)11-27-19-22-21-18(26-19)15-6-5-7-20-9-15/h5-9,13H,10-11H2,1-4H3. The highest BCUT2D eigenvalue weighted by Gasteiger charge is 2.20. The van der Waals surface area contributed by atoms with Crippen molar-refractivity contribution in [3.05, 3.63) is 47.5 Å². The molecular formula is C19H22N4O3S. The van der Waals surface area contributed by atoms with E-state index < -0.39 is 0 Å². The average molecular weight is 386 g/mol. The van der Waals surface area contributed by atoms with Crippen molar-refractivity contribution in [2.45, 2.75) is 32.0 Å². The summed E-state index contributed by atoms with van der Waals surface area (Å²) < 4.78 is 13.0. The number of pyridine rings is 1. The van der Waals surface area contributed by atoms with Gasteiger partial charge in [0.1, 0.15) is 0 Å². The van der Waals surface area contributed by atoms with E-state index in [0.717, 1.165) is 22.5 Å². The Kier molecular flexibility index (Phi) is 6.08. The van der Waals surface area contributed by atoms with Gasteiger partial charge in [-0.25, -0.2) is 0 Å². The molecule has 0 radical (unpaired) electrons. The number of methoxy groups -OCH3 is 1. The second kappa shape index (κ2) is 8.49. The number of Topliss-reactive ketones (excluding diaryl/α,β-unsaturated/α-hetero) is 1. The number of aryl methyl sites for hydroxylation is 1. The topological polar surface area (TPSA) is 83.0 Å². The number of nitrogens with zero attached hydrogens (tertiary/aromatic N) is 4. The van der Waals surface area contributed by atoms with E-state index in [1.807, 2.05) is 26.0 Å². The molecule has 0 aromatic carbocycles. The highest BCUT2D eigenvalue weighted by Crippen LogP contribution is 2.25. The van der Waals surface area contributed by atoms with Gasteiger partial charge in [0.25, 0.3) is 5.22 Å². The summed E-state index contributed by atoms with van der Waals surface area (Å²) in [7, 11) is 1.68. The first-order valence-corrected chi connectivity index (χ1v) is 9.57. The molecule has 0 aliphatic rings. The molecule has 1 unspecified atom stereocenters. The van der Waals surface area contributed by atoms with Gasteiger partial charge in [-0.3, -0.25) is 9.78 Å². The molecule has 0 amide bonds. The highest BCUT2D eigenvalue weighted by molar-refractivity contribution is 7.99. The number of carbonyl (C=O) groups is 1. The summed E-state index contributed by atoms with van der Waals surface area (Å²) in [5, 5.41) is 8.37. The fraction of sp³-hybridized carbons (Fsp3) is 0.368. The summed E-state index contributed by atoms with van der Waals surface area (Å²) in [6, 6.07) is 5.74. The maximum atomic E-state index is 12.7. The van der Waals surface area contributed by atoms with Crippen LogP contribution in [0.5, 0.6) is 0 Å². The van der Waals surface area contributed by atoms with Gasteiger partial charge in [-0.2, -0.15) is 0 Å². The first-order valence-electron chi connectivity index (χ1n) is 8.58. The summed E-state index contributed by atoms with van der Waals surface area (Å²) in [6.45, 7) is 6.63. The van der Waals surface area contributed by atoms with Gasteiger partial charge in [0, 0.05) is 36.5 Å². The minimum absolute atomic E-state index is 0.0325. The summed E-state index contributed by atoms with van der Waals surface area (Å²) in [5.74, 6) is 0.659. The zero-order valence-electron chi connectivity index (χ0n) is 15.8. The molecule has 3 aromatic heterocycles. The summed E-state index contributed by atoms with van der Waals surface area (Å²) in [4.78, 5) is 16.7. The first-order chi connectivity index (χ1) is 13.0. The molecule has 0 bridgehead atoms. The summed E-state index contributed by atoms with van der Waals surface area (Å²) in [5.41, 5.74) is 3.46. The number of ether oxygens (including phenoxy) is 1. The van der Waals surface area contributed by atoms with Crippen LogP contribution in [0.3, 0.4) is 0 Å². The lowest BCUT2D eigenvalue weighted by Crippen LogP contribution is -2.14. The zero-order chi connectivity index (χ0) is 19.4. The number of ketones is 1. The van der Waals surface area contributed by atoms with E-state index in [-0.39, 0.29) is 17.6 Å². The Morgan fingerprint density at radius 3 is 2.89 bits per heavy atom. The predicted octanol–water partition coefficient (Wildman–Crippen LogP) is 3.73. The van der Waals surface area contributed by atoms with E-state index in [1.54, 1.807) is 25.6 Å². The molecule has 3 heterocycles. The van der Waals surface area contributed by atoms with Crippen LogP contribution in [0.2, 0.25) is 0 Å². The number of hydrogen-bond donors (Lipinski definition) is 0. The number of aromatic nitrogens is 4. The van der Waals surface area contributed by atoms with Crippen LogP contribution < -0.4 is 0 Å². The highest BCUT2D eigenvalue weighted by atomic mass is 32.2. The molecule has 0 saturated heterocycles. The maximum Gasteiger partial charge on any atom is 0.277 e. The second-order valence-electron chi connectivity index (χ2n) is 6.29. The van der Waals surface area contributed by atoms with E-state index >= 15 is 0 Å². The lowest BCUT2D eigenvalue weighted by molar-refractivity contribution is 0.102. The molecule has 8 heteroatoms. The molecule has 0 aliphatic heterocycles. The molecule has 0 saturated carbocycles. The fourth-order valence-electron chi connectivity index (χ4n) is 3.13. The minimum atomic E-state index is 0.0325. The van der Waals surface area contributed by atoms with Crippen LogP contribution in [-0.2, 0) is 4.74 Å². The molecule has 1 atom stereocenters. The average Bonchev–Trinajstić information content (AvgIpc) is 3.25. The summed E-state index contributed by atoms with van der Waals surface area (Å²) in [6.07, 6.45) is 3.33. The number of thioether (sulfide) groups is 1. The quantitative estimate of drug-likeness (QED) is 0.431. The van der Waals surface area contributed by atoms with Crippen LogP contribution in [0, 0.1) is 13.8 Å². The third-order valence-electron chi connectivity index (χ3n) is 4.28. The van der Waals surface area contributed by atoms with Crippen LogP contribution in [0.15, 0.2) is 40.2 Å². The van der Waals surface area contributed by atoms with Crippen molar-refractivity contribution in [2.24, 2.45) is 0 Å². The van der Waals surface area contributed by atoms with Crippen LogP contribution in [0.4, 0.5) is 0 Å². The molecule has 0 spiro atoms. The Balaban J connectivity index is 1.68. The third kappa shape index (κ3) is 4.28. The van der Waals surface area contributed by atoms with Gasteiger partial charge in [0.2, 0.25) is 5.89 Å². The molecule has 0 N–H and O–H groups in total. The largest absolute Gasteiger partial charge is 0.411 e. The van der Waals surface area contributed by atoms with Crippen molar-refractivity contribution in [2.75, 3.05) is 19.5 Å². The van der Waals surface area contributed by atoms with E-state index in [1.165, 1.54) is 11.8 Å². The molecule has 7 nitrogen and oxygen atoms in total. The van der Waals surface area contributed by atoms with Crippen molar-refractivity contribution in [1.29, 1.82) is 0 Å². The van der Waals surface area contributed by atoms with Crippen LogP contribution in [-0.4, -0.2) is 45.0 Å². The third-order valence-corrected chi connectivity index (χ3v) is 5.09. The predicted molar refractivity (Wildman–Crippen MR) is 103 cm³/mol. The zero-order valence-corrected chi connectivity index (χ0v) is 16.6. The first kappa shape index (κ1) is 19.3. The molecular weight excluding hydrogens is 364 g/mol.